The van der Waals surface area contributed by atoms with Crippen LogP contribution in [0.5, 0.6) is 0 Å². The van der Waals surface area contributed by atoms with Crippen LogP contribution in [0.1, 0.15) is 56.1 Å². The molecule has 1 saturated heterocycles. The van der Waals surface area contributed by atoms with Crippen LogP contribution in [-0.2, 0) is 5.41 Å². The Balaban J connectivity index is 1.58. The van der Waals surface area contributed by atoms with Crippen LogP contribution in [0.2, 0.25) is 5.02 Å². The molecule has 2 aromatic heterocycles. The summed E-state index contributed by atoms with van der Waals surface area (Å²) in [6.07, 6.45) is 5.20. The van der Waals surface area contributed by atoms with E-state index < -0.39 is 0 Å². The van der Waals surface area contributed by atoms with Crippen LogP contribution in [-0.4, -0.2) is 33.3 Å². The van der Waals surface area contributed by atoms with Gasteiger partial charge >= 0.3 is 0 Å². The SMILES string of the molecule is CC(C)(C)c1cc(-c2cc(-c3ccc(C(=O)N4CCCCC4)cc3Cl)ns2)ccn1. The third-order valence-corrected chi connectivity index (χ3v) is 6.61. The third-order valence-electron chi connectivity index (χ3n) is 5.46. The predicted octanol–water partition coefficient (Wildman–Crippen LogP) is 6.45. The van der Waals surface area contributed by atoms with Gasteiger partial charge in [0.1, 0.15) is 0 Å². The van der Waals surface area contributed by atoms with Crippen LogP contribution < -0.4 is 0 Å². The van der Waals surface area contributed by atoms with E-state index in [-0.39, 0.29) is 11.3 Å². The zero-order chi connectivity index (χ0) is 21.3. The van der Waals surface area contributed by atoms with Crippen molar-refractivity contribution < 1.29 is 4.79 Å². The Kier molecular flexibility index (Phi) is 5.94. The number of hydrogen-bond donors (Lipinski definition) is 0. The Bertz CT molecular complexity index is 1060. The van der Waals surface area contributed by atoms with Crippen LogP contribution in [0.15, 0.2) is 42.6 Å². The molecule has 3 aromatic rings. The van der Waals surface area contributed by atoms with Crippen molar-refractivity contribution in [3.63, 3.8) is 0 Å². The molecule has 30 heavy (non-hydrogen) atoms. The number of hydrogen-bond acceptors (Lipinski definition) is 4. The molecule has 0 bridgehead atoms. The van der Waals surface area contributed by atoms with Crippen LogP contribution in [0, 0.1) is 0 Å². The van der Waals surface area contributed by atoms with Crippen LogP contribution in [0.25, 0.3) is 21.7 Å². The minimum absolute atomic E-state index is 0.0104. The van der Waals surface area contributed by atoms with Gasteiger partial charge in [-0.2, -0.15) is 4.37 Å². The number of likely N-dealkylation sites (tertiary alicyclic amines) is 1. The Morgan fingerprint density at radius 3 is 2.53 bits per heavy atom. The number of pyridine rings is 1. The molecule has 4 nitrogen and oxygen atoms in total. The van der Waals surface area contributed by atoms with Gasteiger partial charge in [0.15, 0.2) is 0 Å². The number of carbonyl (C=O) groups excluding carboxylic acids is 1. The first kappa shape index (κ1) is 21.0. The van der Waals surface area contributed by atoms with Gasteiger partial charge in [-0.3, -0.25) is 9.78 Å². The third kappa shape index (κ3) is 4.42. The summed E-state index contributed by atoms with van der Waals surface area (Å²) in [4.78, 5) is 20.3. The van der Waals surface area contributed by atoms with E-state index in [1.807, 2.05) is 29.3 Å². The molecule has 0 unspecified atom stereocenters. The first-order valence-corrected chi connectivity index (χ1v) is 11.5. The molecule has 4 rings (SSSR count). The normalized spacial score (nSPS) is 14.7. The van der Waals surface area contributed by atoms with Gasteiger partial charge in [0.2, 0.25) is 0 Å². The monoisotopic (exact) mass is 439 g/mol. The lowest BCUT2D eigenvalue weighted by Crippen LogP contribution is -2.35. The summed E-state index contributed by atoms with van der Waals surface area (Å²) in [6, 6.07) is 11.7. The van der Waals surface area contributed by atoms with Crippen molar-refractivity contribution in [2.24, 2.45) is 0 Å². The van der Waals surface area contributed by atoms with Crippen molar-refractivity contribution in [2.75, 3.05) is 13.1 Å². The van der Waals surface area contributed by atoms with Gasteiger partial charge in [0.05, 0.1) is 15.6 Å². The molecule has 1 aromatic carbocycles. The molecule has 0 atom stereocenters. The van der Waals surface area contributed by atoms with E-state index in [2.05, 4.69) is 42.3 Å². The number of aromatic nitrogens is 2. The Morgan fingerprint density at radius 2 is 1.83 bits per heavy atom. The van der Waals surface area contributed by atoms with E-state index in [1.54, 1.807) is 6.07 Å². The summed E-state index contributed by atoms with van der Waals surface area (Å²) in [5.74, 6) is 0.0635. The fourth-order valence-electron chi connectivity index (χ4n) is 3.67. The molecule has 3 heterocycles. The lowest BCUT2D eigenvalue weighted by atomic mass is 9.90. The summed E-state index contributed by atoms with van der Waals surface area (Å²) in [5, 5.41) is 0.555. The number of piperidine rings is 1. The molecule has 0 N–H and O–H groups in total. The van der Waals surface area contributed by atoms with E-state index >= 15 is 0 Å². The van der Waals surface area contributed by atoms with Gasteiger partial charge < -0.3 is 4.90 Å². The van der Waals surface area contributed by atoms with Crippen molar-refractivity contribution in [2.45, 2.75) is 45.4 Å². The summed E-state index contributed by atoms with van der Waals surface area (Å²) < 4.78 is 4.62. The largest absolute Gasteiger partial charge is 0.339 e. The molecule has 1 fully saturated rings. The smallest absolute Gasteiger partial charge is 0.253 e. The highest BCUT2D eigenvalue weighted by atomic mass is 35.5. The zero-order valence-electron chi connectivity index (χ0n) is 17.6. The van der Waals surface area contributed by atoms with Crippen molar-refractivity contribution in [1.82, 2.24) is 14.3 Å². The lowest BCUT2D eigenvalue weighted by Gasteiger charge is -2.26. The van der Waals surface area contributed by atoms with Crippen molar-refractivity contribution in [3.8, 4) is 21.7 Å². The quantitative estimate of drug-likeness (QED) is 0.471. The van der Waals surface area contributed by atoms with Gasteiger partial charge in [0.25, 0.3) is 5.91 Å². The fraction of sp³-hybridized carbons (Fsp3) is 0.375. The molecule has 1 amide bonds. The van der Waals surface area contributed by atoms with E-state index in [1.165, 1.54) is 18.0 Å². The molecule has 0 radical (unpaired) electrons. The maximum Gasteiger partial charge on any atom is 0.253 e. The molecule has 0 saturated carbocycles. The summed E-state index contributed by atoms with van der Waals surface area (Å²) in [5.41, 5.74) is 4.46. The first-order chi connectivity index (χ1) is 14.3. The number of amides is 1. The van der Waals surface area contributed by atoms with Crippen LogP contribution >= 0.6 is 23.1 Å². The first-order valence-electron chi connectivity index (χ1n) is 10.4. The Hall–Kier alpha value is -2.24. The highest BCUT2D eigenvalue weighted by Gasteiger charge is 2.20. The number of benzene rings is 1. The second-order valence-corrected chi connectivity index (χ2v) is 10.0. The van der Waals surface area contributed by atoms with E-state index in [9.17, 15) is 4.79 Å². The molecule has 0 spiro atoms. The van der Waals surface area contributed by atoms with Gasteiger partial charge in [0, 0.05) is 41.5 Å². The Labute approximate surface area is 187 Å². The minimum atomic E-state index is -0.0104. The molecule has 0 aliphatic carbocycles. The number of carbonyl (C=O) groups is 1. The predicted molar refractivity (Wildman–Crippen MR) is 124 cm³/mol. The van der Waals surface area contributed by atoms with Gasteiger partial charge in [-0.15, -0.1) is 0 Å². The zero-order valence-corrected chi connectivity index (χ0v) is 19.2. The lowest BCUT2D eigenvalue weighted by molar-refractivity contribution is 0.0724. The van der Waals surface area contributed by atoms with Gasteiger partial charge in [-0.05, 0) is 66.7 Å². The van der Waals surface area contributed by atoms with Crippen LogP contribution in [0.3, 0.4) is 0 Å². The van der Waals surface area contributed by atoms with E-state index in [4.69, 9.17) is 11.6 Å². The fourth-order valence-corrected chi connectivity index (χ4v) is 4.69. The maximum atomic E-state index is 12.7. The highest BCUT2D eigenvalue weighted by molar-refractivity contribution is 7.09. The highest BCUT2D eigenvalue weighted by Crippen LogP contribution is 2.35. The summed E-state index contributed by atoms with van der Waals surface area (Å²) >= 11 is 8.02. The summed E-state index contributed by atoms with van der Waals surface area (Å²) in [7, 11) is 0. The second-order valence-electron chi connectivity index (χ2n) is 8.80. The molecule has 1 aliphatic rings. The van der Waals surface area contributed by atoms with Gasteiger partial charge in [-0.1, -0.05) is 38.4 Å². The number of rotatable bonds is 3. The average molecular weight is 440 g/mol. The van der Waals surface area contributed by atoms with Crippen molar-refractivity contribution in [1.29, 1.82) is 0 Å². The second kappa shape index (κ2) is 8.48. The molecule has 6 heteroatoms. The Morgan fingerprint density at radius 1 is 1.07 bits per heavy atom. The van der Waals surface area contributed by atoms with Crippen LogP contribution in [0.4, 0.5) is 0 Å². The minimum Gasteiger partial charge on any atom is -0.339 e. The molecular weight excluding hydrogens is 414 g/mol. The molecule has 1 aliphatic heterocycles. The van der Waals surface area contributed by atoms with Gasteiger partial charge in [-0.25, -0.2) is 0 Å². The van der Waals surface area contributed by atoms with Crippen molar-refractivity contribution in [3.05, 3.63) is 58.9 Å². The van der Waals surface area contributed by atoms with Crippen molar-refractivity contribution >= 4 is 29.0 Å². The number of nitrogens with zero attached hydrogens (tertiary/aromatic N) is 3. The molecular formula is C24H26ClN3OS. The van der Waals surface area contributed by atoms with E-state index in [0.29, 0.717) is 10.6 Å². The summed E-state index contributed by atoms with van der Waals surface area (Å²) in [6.45, 7) is 8.13. The number of halogens is 1. The topological polar surface area (TPSA) is 46.1 Å². The van der Waals surface area contributed by atoms with E-state index in [0.717, 1.165) is 53.3 Å². The maximum absolute atomic E-state index is 12.7. The molecule has 156 valence electrons. The standard InChI is InChI=1S/C24H26ClN3OS/c1-24(2,3)22-14-16(9-10-26-22)21-15-20(27-30-21)18-8-7-17(13-19(18)25)23(29)28-11-5-4-6-12-28/h7-10,13-15H,4-6,11-12H2,1-3H3. The average Bonchev–Trinajstić information content (AvgIpc) is 3.23.